The van der Waals surface area contributed by atoms with E-state index in [0.717, 1.165) is 25.0 Å². The van der Waals surface area contributed by atoms with E-state index < -0.39 is 0 Å². The van der Waals surface area contributed by atoms with Crippen LogP contribution in [0.15, 0.2) is 24.3 Å². The third-order valence-corrected chi connectivity index (χ3v) is 2.96. The summed E-state index contributed by atoms with van der Waals surface area (Å²) in [7, 11) is 1.68. The van der Waals surface area contributed by atoms with Crippen LogP contribution < -0.4 is 4.74 Å². The predicted octanol–water partition coefficient (Wildman–Crippen LogP) is 3.57. The topological polar surface area (TPSA) is 33.0 Å². The van der Waals surface area contributed by atoms with Gasteiger partial charge in [-0.1, -0.05) is 25.5 Å². The standard InChI is InChI=1S/C14H19NO/c1-3-12(10-11-15)4-5-13-6-8-14(16-2)9-7-13/h6-9,12H,3-5,10H2,1-2H3. The molecule has 2 nitrogen and oxygen atoms in total. The molecule has 1 atom stereocenters. The summed E-state index contributed by atoms with van der Waals surface area (Å²) in [6, 6.07) is 10.4. The van der Waals surface area contributed by atoms with Gasteiger partial charge in [0.2, 0.25) is 0 Å². The fraction of sp³-hybridized carbons (Fsp3) is 0.500. The van der Waals surface area contributed by atoms with Gasteiger partial charge in [-0.05, 0) is 36.5 Å². The number of hydrogen-bond donors (Lipinski definition) is 0. The molecule has 0 aliphatic heterocycles. The van der Waals surface area contributed by atoms with E-state index in [0.29, 0.717) is 12.3 Å². The molecule has 2 heteroatoms. The van der Waals surface area contributed by atoms with E-state index in [1.165, 1.54) is 5.56 Å². The summed E-state index contributed by atoms with van der Waals surface area (Å²) in [6.45, 7) is 2.15. The summed E-state index contributed by atoms with van der Waals surface area (Å²) in [4.78, 5) is 0. The number of benzene rings is 1. The highest BCUT2D eigenvalue weighted by Gasteiger charge is 2.05. The van der Waals surface area contributed by atoms with Crippen LogP contribution in [0.5, 0.6) is 5.75 Å². The monoisotopic (exact) mass is 217 g/mol. The van der Waals surface area contributed by atoms with Crippen LogP contribution >= 0.6 is 0 Å². The van der Waals surface area contributed by atoms with Crippen LogP contribution in [0, 0.1) is 17.2 Å². The largest absolute Gasteiger partial charge is 0.497 e. The molecule has 1 unspecified atom stereocenters. The van der Waals surface area contributed by atoms with Gasteiger partial charge in [0.05, 0.1) is 13.2 Å². The van der Waals surface area contributed by atoms with E-state index in [4.69, 9.17) is 10.00 Å². The van der Waals surface area contributed by atoms with Gasteiger partial charge in [-0.15, -0.1) is 0 Å². The van der Waals surface area contributed by atoms with Crippen molar-refractivity contribution in [2.24, 2.45) is 5.92 Å². The van der Waals surface area contributed by atoms with Crippen molar-refractivity contribution < 1.29 is 4.74 Å². The van der Waals surface area contributed by atoms with Crippen LogP contribution in [0.25, 0.3) is 0 Å². The van der Waals surface area contributed by atoms with Gasteiger partial charge in [0.25, 0.3) is 0 Å². The molecule has 0 N–H and O–H groups in total. The lowest BCUT2D eigenvalue weighted by Gasteiger charge is -2.10. The molecule has 1 rings (SSSR count). The summed E-state index contributed by atoms with van der Waals surface area (Å²) in [5, 5.41) is 8.67. The molecule has 86 valence electrons. The van der Waals surface area contributed by atoms with Crippen molar-refractivity contribution >= 4 is 0 Å². The van der Waals surface area contributed by atoms with Gasteiger partial charge >= 0.3 is 0 Å². The number of rotatable bonds is 6. The molecule has 1 aromatic carbocycles. The van der Waals surface area contributed by atoms with Gasteiger partial charge in [-0.2, -0.15) is 5.26 Å². The number of methoxy groups -OCH3 is 1. The SMILES string of the molecule is CCC(CC#N)CCc1ccc(OC)cc1. The zero-order valence-corrected chi connectivity index (χ0v) is 10.1. The third kappa shape index (κ3) is 3.94. The van der Waals surface area contributed by atoms with Crippen LogP contribution in [0.1, 0.15) is 31.7 Å². The van der Waals surface area contributed by atoms with E-state index in [1.807, 2.05) is 12.1 Å². The Bertz CT molecular complexity index is 337. The molecule has 0 radical (unpaired) electrons. The maximum absolute atomic E-state index is 8.67. The fourth-order valence-corrected chi connectivity index (χ4v) is 1.74. The normalized spacial score (nSPS) is 11.8. The molecule has 0 aliphatic rings. The highest BCUT2D eigenvalue weighted by molar-refractivity contribution is 5.27. The number of nitriles is 1. The van der Waals surface area contributed by atoms with E-state index in [-0.39, 0.29) is 0 Å². The Morgan fingerprint density at radius 2 is 2.00 bits per heavy atom. The average molecular weight is 217 g/mol. The molecule has 0 aromatic heterocycles. The van der Waals surface area contributed by atoms with Gasteiger partial charge in [0.1, 0.15) is 5.75 Å². The van der Waals surface area contributed by atoms with Crippen molar-refractivity contribution in [2.45, 2.75) is 32.6 Å². The van der Waals surface area contributed by atoms with Crippen molar-refractivity contribution in [3.63, 3.8) is 0 Å². The summed E-state index contributed by atoms with van der Waals surface area (Å²) in [5.41, 5.74) is 1.32. The lowest BCUT2D eigenvalue weighted by Crippen LogP contribution is -1.99. The average Bonchev–Trinajstić information content (AvgIpc) is 2.35. The second kappa shape index (κ2) is 6.90. The maximum Gasteiger partial charge on any atom is 0.118 e. The minimum absolute atomic E-state index is 0.534. The van der Waals surface area contributed by atoms with Gasteiger partial charge in [0, 0.05) is 6.42 Å². The lowest BCUT2D eigenvalue weighted by molar-refractivity contribution is 0.414. The van der Waals surface area contributed by atoms with Crippen LogP contribution in [0.4, 0.5) is 0 Å². The molecule has 0 saturated heterocycles. The first-order valence-corrected chi connectivity index (χ1v) is 5.80. The van der Waals surface area contributed by atoms with Crippen molar-refractivity contribution in [1.82, 2.24) is 0 Å². The molecule has 0 spiro atoms. The van der Waals surface area contributed by atoms with Crippen molar-refractivity contribution in [2.75, 3.05) is 7.11 Å². The van der Waals surface area contributed by atoms with Crippen molar-refractivity contribution in [1.29, 1.82) is 5.26 Å². The molecular formula is C14H19NO. The van der Waals surface area contributed by atoms with E-state index in [9.17, 15) is 0 Å². The Morgan fingerprint density at radius 1 is 1.31 bits per heavy atom. The molecule has 0 amide bonds. The second-order valence-corrected chi connectivity index (χ2v) is 4.02. The minimum atomic E-state index is 0.534. The quantitative estimate of drug-likeness (QED) is 0.729. The first-order valence-electron chi connectivity index (χ1n) is 5.80. The summed E-state index contributed by atoms with van der Waals surface area (Å²) in [5.74, 6) is 1.43. The first-order chi connectivity index (χ1) is 7.80. The van der Waals surface area contributed by atoms with Gasteiger partial charge in [-0.3, -0.25) is 0 Å². The van der Waals surface area contributed by atoms with E-state index in [2.05, 4.69) is 25.1 Å². The summed E-state index contributed by atoms with van der Waals surface area (Å²) < 4.78 is 5.11. The van der Waals surface area contributed by atoms with Crippen LogP contribution in [-0.2, 0) is 6.42 Å². The molecule has 16 heavy (non-hydrogen) atoms. The van der Waals surface area contributed by atoms with Crippen LogP contribution in [0.3, 0.4) is 0 Å². The lowest BCUT2D eigenvalue weighted by atomic mass is 9.95. The molecule has 0 aliphatic carbocycles. The molecule has 0 bridgehead atoms. The summed E-state index contributed by atoms with van der Waals surface area (Å²) in [6.07, 6.45) is 3.90. The predicted molar refractivity (Wildman–Crippen MR) is 65.3 cm³/mol. The molecule has 0 fully saturated rings. The third-order valence-electron chi connectivity index (χ3n) is 2.96. The maximum atomic E-state index is 8.67. The molecular weight excluding hydrogens is 198 g/mol. The molecule has 0 saturated carbocycles. The highest BCUT2D eigenvalue weighted by Crippen LogP contribution is 2.18. The van der Waals surface area contributed by atoms with E-state index in [1.54, 1.807) is 7.11 Å². The van der Waals surface area contributed by atoms with Gasteiger partial charge in [0.15, 0.2) is 0 Å². The Morgan fingerprint density at radius 3 is 2.50 bits per heavy atom. The second-order valence-electron chi connectivity index (χ2n) is 4.02. The highest BCUT2D eigenvalue weighted by atomic mass is 16.5. The zero-order chi connectivity index (χ0) is 11.8. The van der Waals surface area contributed by atoms with Crippen LogP contribution in [0.2, 0.25) is 0 Å². The Kier molecular flexibility index (Phi) is 5.42. The van der Waals surface area contributed by atoms with E-state index >= 15 is 0 Å². The first kappa shape index (κ1) is 12.6. The Balaban J connectivity index is 2.44. The van der Waals surface area contributed by atoms with Crippen LogP contribution in [-0.4, -0.2) is 7.11 Å². The van der Waals surface area contributed by atoms with Gasteiger partial charge < -0.3 is 4.74 Å². The zero-order valence-electron chi connectivity index (χ0n) is 10.1. The number of nitrogens with zero attached hydrogens (tertiary/aromatic N) is 1. The van der Waals surface area contributed by atoms with Crippen molar-refractivity contribution in [3.8, 4) is 11.8 Å². The van der Waals surface area contributed by atoms with Gasteiger partial charge in [-0.25, -0.2) is 0 Å². The Labute approximate surface area is 97.9 Å². The Hall–Kier alpha value is -1.49. The fourth-order valence-electron chi connectivity index (χ4n) is 1.74. The number of aryl methyl sites for hydroxylation is 1. The molecule has 0 heterocycles. The summed E-state index contributed by atoms with van der Waals surface area (Å²) >= 11 is 0. The number of ether oxygens (including phenoxy) is 1. The van der Waals surface area contributed by atoms with Crippen molar-refractivity contribution in [3.05, 3.63) is 29.8 Å². The smallest absolute Gasteiger partial charge is 0.118 e. The minimum Gasteiger partial charge on any atom is -0.497 e. The molecule has 1 aromatic rings. The number of hydrogen-bond acceptors (Lipinski definition) is 2.